The molecule has 7 nitrogen and oxygen atoms in total. The zero-order valence-corrected chi connectivity index (χ0v) is 18.9. The number of ether oxygens (including phenoxy) is 3. The second-order valence-corrected chi connectivity index (χ2v) is 7.83. The summed E-state index contributed by atoms with van der Waals surface area (Å²) in [7, 11) is 3.29. The zero-order valence-electron chi connectivity index (χ0n) is 18.1. The van der Waals surface area contributed by atoms with Crippen LogP contribution >= 0.6 is 11.6 Å². The first-order valence-electron chi connectivity index (χ1n) is 10.4. The Morgan fingerprint density at radius 1 is 0.968 bits per heavy atom. The van der Waals surface area contributed by atoms with Gasteiger partial charge in [0.2, 0.25) is 5.91 Å². The molecule has 1 heterocycles. The van der Waals surface area contributed by atoms with Gasteiger partial charge < -0.3 is 19.5 Å². The summed E-state index contributed by atoms with van der Waals surface area (Å²) in [6.45, 7) is 5.72. The molecule has 1 fully saturated rings. The lowest BCUT2D eigenvalue weighted by atomic mass is 10.1. The number of hydrogen-bond acceptors (Lipinski definition) is 6. The minimum absolute atomic E-state index is 0.0213. The quantitative estimate of drug-likeness (QED) is 0.565. The Balaban J connectivity index is 1.33. The average molecular weight is 448 g/mol. The Hall–Kier alpha value is -2.48. The standard InChI is InChI=1S/C23H30ClN3O4/c1-29-21-8-3-18(15-22(21)30-2)16-26-10-12-27(13-11-26)17-23(28)25-9-14-31-20-6-4-19(24)5-7-20/h3-8,15H,9-14,16-17H2,1-2H3,(H,25,28). The largest absolute Gasteiger partial charge is 0.493 e. The fourth-order valence-electron chi connectivity index (χ4n) is 3.49. The van der Waals surface area contributed by atoms with Crippen LogP contribution < -0.4 is 19.5 Å². The number of methoxy groups -OCH3 is 2. The summed E-state index contributed by atoms with van der Waals surface area (Å²) in [4.78, 5) is 16.8. The highest BCUT2D eigenvalue weighted by atomic mass is 35.5. The number of halogens is 1. The van der Waals surface area contributed by atoms with Crippen LogP contribution in [0.2, 0.25) is 5.02 Å². The summed E-state index contributed by atoms with van der Waals surface area (Å²) >= 11 is 5.85. The Kier molecular flexibility index (Phi) is 8.82. The maximum Gasteiger partial charge on any atom is 0.234 e. The second-order valence-electron chi connectivity index (χ2n) is 7.39. The maximum absolute atomic E-state index is 12.2. The molecule has 1 aliphatic rings. The summed E-state index contributed by atoms with van der Waals surface area (Å²) in [5.74, 6) is 2.24. The molecule has 2 aromatic carbocycles. The number of nitrogens with one attached hydrogen (secondary N) is 1. The Labute approximate surface area is 188 Å². The first-order chi connectivity index (χ1) is 15.1. The third-order valence-electron chi connectivity index (χ3n) is 5.19. The van der Waals surface area contributed by atoms with Crippen molar-refractivity contribution in [2.75, 3.05) is 60.1 Å². The molecule has 0 aromatic heterocycles. The highest BCUT2D eigenvalue weighted by Crippen LogP contribution is 2.28. The van der Waals surface area contributed by atoms with Crippen molar-refractivity contribution >= 4 is 17.5 Å². The molecule has 1 amide bonds. The van der Waals surface area contributed by atoms with Gasteiger partial charge in [-0.1, -0.05) is 17.7 Å². The molecule has 168 valence electrons. The van der Waals surface area contributed by atoms with Crippen LogP contribution in [0.3, 0.4) is 0 Å². The van der Waals surface area contributed by atoms with E-state index in [1.807, 2.05) is 24.3 Å². The topological polar surface area (TPSA) is 63.3 Å². The van der Waals surface area contributed by atoms with Crippen molar-refractivity contribution < 1.29 is 19.0 Å². The van der Waals surface area contributed by atoms with E-state index in [2.05, 4.69) is 21.2 Å². The zero-order chi connectivity index (χ0) is 22.1. The third-order valence-corrected chi connectivity index (χ3v) is 5.44. The Bertz CT molecular complexity index is 839. The fraction of sp³-hybridized carbons (Fsp3) is 0.435. The maximum atomic E-state index is 12.2. The highest BCUT2D eigenvalue weighted by Gasteiger charge is 2.19. The lowest BCUT2D eigenvalue weighted by Gasteiger charge is -2.34. The van der Waals surface area contributed by atoms with E-state index in [0.29, 0.717) is 24.7 Å². The fourth-order valence-corrected chi connectivity index (χ4v) is 3.62. The molecule has 1 aliphatic heterocycles. The number of carbonyl (C=O) groups is 1. The van der Waals surface area contributed by atoms with Gasteiger partial charge in [-0.15, -0.1) is 0 Å². The van der Waals surface area contributed by atoms with Crippen LogP contribution in [0.25, 0.3) is 0 Å². The molecule has 8 heteroatoms. The van der Waals surface area contributed by atoms with E-state index < -0.39 is 0 Å². The SMILES string of the molecule is COc1ccc(CN2CCN(CC(=O)NCCOc3ccc(Cl)cc3)CC2)cc1OC. The smallest absolute Gasteiger partial charge is 0.234 e. The highest BCUT2D eigenvalue weighted by molar-refractivity contribution is 6.30. The van der Waals surface area contributed by atoms with Crippen molar-refractivity contribution in [1.29, 1.82) is 0 Å². The molecule has 0 spiro atoms. The summed E-state index contributed by atoms with van der Waals surface area (Å²) in [5, 5.41) is 3.59. The number of hydrogen-bond donors (Lipinski definition) is 1. The number of carbonyl (C=O) groups excluding carboxylic acids is 1. The molecule has 0 bridgehead atoms. The van der Waals surface area contributed by atoms with Gasteiger partial charge in [-0.05, 0) is 42.0 Å². The minimum atomic E-state index is 0.0213. The predicted molar refractivity (Wildman–Crippen MR) is 121 cm³/mol. The van der Waals surface area contributed by atoms with Gasteiger partial charge in [-0.2, -0.15) is 0 Å². The van der Waals surface area contributed by atoms with Crippen LogP contribution in [0, 0.1) is 0 Å². The number of benzene rings is 2. The van der Waals surface area contributed by atoms with Crippen molar-refractivity contribution in [3.63, 3.8) is 0 Å². The minimum Gasteiger partial charge on any atom is -0.493 e. The molecular weight excluding hydrogens is 418 g/mol. The molecule has 1 saturated heterocycles. The van der Waals surface area contributed by atoms with E-state index >= 15 is 0 Å². The van der Waals surface area contributed by atoms with Gasteiger partial charge in [-0.25, -0.2) is 0 Å². The lowest BCUT2D eigenvalue weighted by Crippen LogP contribution is -2.49. The normalized spacial score (nSPS) is 14.8. The molecule has 3 rings (SSSR count). The van der Waals surface area contributed by atoms with Gasteiger partial charge in [-0.3, -0.25) is 14.6 Å². The second kappa shape index (κ2) is 11.8. The van der Waals surface area contributed by atoms with Crippen molar-refractivity contribution in [2.24, 2.45) is 0 Å². The monoisotopic (exact) mass is 447 g/mol. The Morgan fingerprint density at radius 2 is 1.65 bits per heavy atom. The van der Waals surface area contributed by atoms with Crippen LogP contribution in [0.1, 0.15) is 5.56 Å². The van der Waals surface area contributed by atoms with Gasteiger partial charge in [0.05, 0.1) is 27.3 Å². The predicted octanol–water partition coefficient (Wildman–Crippen LogP) is 2.67. The van der Waals surface area contributed by atoms with Crippen molar-refractivity contribution in [3.8, 4) is 17.2 Å². The molecule has 1 N–H and O–H groups in total. The molecular formula is C23H30ClN3O4. The molecule has 0 unspecified atom stereocenters. The van der Waals surface area contributed by atoms with Crippen LogP contribution in [-0.2, 0) is 11.3 Å². The summed E-state index contributed by atoms with van der Waals surface area (Å²) in [5.41, 5.74) is 1.18. The summed E-state index contributed by atoms with van der Waals surface area (Å²) in [6.07, 6.45) is 0. The first kappa shape index (κ1) is 23.2. The number of nitrogens with zero attached hydrogens (tertiary/aromatic N) is 2. The van der Waals surface area contributed by atoms with Gasteiger partial charge in [0, 0.05) is 37.7 Å². The van der Waals surface area contributed by atoms with Gasteiger partial charge in [0.25, 0.3) is 0 Å². The molecule has 0 aliphatic carbocycles. The van der Waals surface area contributed by atoms with Crippen LogP contribution in [-0.4, -0.2) is 75.8 Å². The van der Waals surface area contributed by atoms with Crippen molar-refractivity contribution in [3.05, 3.63) is 53.1 Å². The molecule has 0 radical (unpaired) electrons. The van der Waals surface area contributed by atoms with E-state index in [0.717, 1.165) is 50.0 Å². The van der Waals surface area contributed by atoms with Gasteiger partial charge in [0.15, 0.2) is 11.5 Å². The average Bonchev–Trinajstić information content (AvgIpc) is 2.79. The van der Waals surface area contributed by atoms with Crippen LogP contribution in [0.4, 0.5) is 0 Å². The molecule has 31 heavy (non-hydrogen) atoms. The molecule has 2 aromatic rings. The number of rotatable bonds is 10. The third kappa shape index (κ3) is 7.31. The van der Waals surface area contributed by atoms with E-state index in [-0.39, 0.29) is 5.91 Å². The van der Waals surface area contributed by atoms with Gasteiger partial charge >= 0.3 is 0 Å². The molecule has 0 atom stereocenters. The lowest BCUT2D eigenvalue weighted by molar-refractivity contribution is -0.122. The Morgan fingerprint density at radius 3 is 2.32 bits per heavy atom. The molecule has 0 saturated carbocycles. The first-order valence-corrected chi connectivity index (χ1v) is 10.8. The van der Waals surface area contributed by atoms with E-state index in [1.54, 1.807) is 26.4 Å². The van der Waals surface area contributed by atoms with E-state index in [9.17, 15) is 4.79 Å². The van der Waals surface area contributed by atoms with Crippen molar-refractivity contribution in [1.82, 2.24) is 15.1 Å². The van der Waals surface area contributed by atoms with E-state index in [4.69, 9.17) is 25.8 Å². The van der Waals surface area contributed by atoms with Gasteiger partial charge in [0.1, 0.15) is 12.4 Å². The van der Waals surface area contributed by atoms with Crippen LogP contribution in [0.5, 0.6) is 17.2 Å². The van der Waals surface area contributed by atoms with Crippen molar-refractivity contribution in [2.45, 2.75) is 6.54 Å². The number of amides is 1. The summed E-state index contributed by atoms with van der Waals surface area (Å²) < 4.78 is 16.3. The summed E-state index contributed by atoms with van der Waals surface area (Å²) in [6, 6.07) is 13.2. The number of piperazine rings is 1. The van der Waals surface area contributed by atoms with Crippen LogP contribution in [0.15, 0.2) is 42.5 Å². The van der Waals surface area contributed by atoms with E-state index in [1.165, 1.54) is 5.56 Å².